The standard InChI is InChI=1S/C19H21ClN2O3S/c1-13-9-16-11-15(7-8-18(16)22(13)26(3,24)25)19(23)21(2)12-14-5-4-6-17(20)10-14/h4-8,10-11,13H,9,12H2,1-3H3. The quantitative estimate of drug-likeness (QED) is 0.801. The van der Waals surface area contributed by atoms with Gasteiger partial charge < -0.3 is 4.90 Å². The molecule has 0 radical (unpaired) electrons. The van der Waals surface area contributed by atoms with E-state index in [2.05, 4.69) is 0 Å². The van der Waals surface area contributed by atoms with Gasteiger partial charge in [0.25, 0.3) is 5.91 Å². The molecule has 0 saturated carbocycles. The average Bonchev–Trinajstić information content (AvgIpc) is 2.88. The normalized spacial score (nSPS) is 16.5. The van der Waals surface area contributed by atoms with Gasteiger partial charge in [0.2, 0.25) is 10.0 Å². The summed E-state index contributed by atoms with van der Waals surface area (Å²) in [6.07, 6.45) is 1.80. The van der Waals surface area contributed by atoms with E-state index in [1.54, 1.807) is 36.2 Å². The minimum Gasteiger partial charge on any atom is -0.337 e. The Morgan fingerprint density at radius 1 is 1.27 bits per heavy atom. The van der Waals surface area contributed by atoms with Gasteiger partial charge in [0.15, 0.2) is 0 Å². The first-order valence-electron chi connectivity index (χ1n) is 8.29. The molecule has 1 amide bonds. The molecule has 26 heavy (non-hydrogen) atoms. The van der Waals surface area contributed by atoms with Crippen LogP contribution in [0.2, 0.25) is 5.02 Å². The minimum absolute atomic E-state index is 0.113. The number of carbonyl (C=O) groups is 1. The van der Waals surface area contributed by atoms with Crippen LogP contribution in [0.25, 0.3) is 0 Å². The Bertz CT molecular complexity index is 959. The molecule has 2 aromatic rings. The molecule has 1 aliphatic heterocycles. The maximum atomic E-state index is 12.8. The third-order valence-electron chi connectivity index (χ3n) is 4.49. The highest BCUT2D eigenvalue weighted by Crippen LogP contribution is 2.34. The SMILES string of the molecule is CC1Cc2cc(C(=O)N(C)Cc3cccc(Cl)c3)ccc2N1S(C)(=O)=O. The summed E-state index contributed by atoms with van der Waals surface area (Å²) in [7, 11) is -1.60. The number of hydrogen-bond acceptors (Lipinski definition) is 3. The summed E-state index contributed by atoms with van der Waals surface area (Å²) in [5.74, 6) is -0.113. The fourth-order valence-electron chi connectivity index (χ4n) is 3.44. The third kappa shape index (κ3) is 3.71. The molecular formula is C19H21ClN2O3S. The van der Waals surface area contributed by atoms with Crippen molar-refractivity contribution >= 4 is 33.2 Å². The van der Waals surface area contributed by atoms with E-state index in [4.69, 9.17) is 11.6 Å². The van der Waals surface area contributed by atoms with E-state index >= 15 is 0 Å². The molecule has 0 spiro atoms. The highest BCUT2D eigenvalue weighted by molar-refractivity contribution is 7.92. The van der Waals surface area contributed by atoms with Crippen molar-refractivity contribution in [2.75, 3.05) is 17.6 Å². The molecule has 0 N–H and O–H groups in total. The van der Waals surface area contributed by atoms with Crippen molar-refractivity contribution in [2.45, 2.75) is 25.9 Å². The van der Waals surface area contributed by atoms with Gasteiger partial charge in [-0.15, -0.1) is 0 Å². The Hall–Kier alpha value is -2.05. The maximum absolute atomic E-state index is 12.8. The van der Waals surface area contributed by atoms with Gasteiger partial charge in [0.1, 0.15) is 0 Å². The molecule has 7 heteroatoms. The van der Waals surface area contributed by atoms with Gasteiger partial charge >= 0.3 is 0 Å². The van der Waals surface area contributed by atoms with Gasteiger partial charge in [-0.25, -0.2) is 8.42 Å². The first-order chi connectivity index (χ1) is 12.2. The fourth-order valence-corrected chi connectivity index (χ4v) is 4.92. The number of benzene rings is 2. The van der Waals surface area contributed by atoms with Crippen LogP contribution in [-0.2, 0) is 23.0 Å². The topological polar surface area (TPSA) is 57.7 Å². The van der Waals surface area contributed by atoms with E-state index in [-0.39, 0.29) is 11.9 Å². The van der Waals surface area contributed by atoms with Crippen LogP contribution >= 0.6 is 11.6 Å². The van der Waals surface area contributed by atoms with Crippen LogP contribution < -0.4 is 4.31 Å². The molecule has 3 rings (SSSR count). The molecule has 1 atom stereocenters. The zero-order valence-corrected chi connectivity index (χ0v) is 16.5. The summed E-state index contributed by atoms with van der Waals surface area (Å²) in [6.45, 7) is 2.32. The number of fused-ring (bicyclic) bond motifs is 1. The Morgan fingerprint density at radius 3 is 2.65 bits per heavy atom. The van der Waals surface area contributed by atoms with Crippen LogP contribution in [-0.4, -0.2) is 38.6 Å². The summed E-state index contributed by atoms with van der Waals surface area (Å²) < 4.78 is 25.4. The second kappa shape index (κ2) is 6.93. The van der Waals surface area contributed by atoms with Gasteiger partial charge in [-0.2, -0.15) is 0 Å². The minimum atomic E-state index is -3.33. The Kier molecular flexibility index (Phi) is 4.99. The number of amides is 1. The molecule has 2 aromatic carbocycles. The van der Waals surface area contributed by atoms with E-state index in [9.17, 15) is 13.2 Å². The molecule has 1 unspecified atom stereocenters. The first kappa shape index (κ1) is 18.7. The predicted octanol–water partition coefficient (Wildman–Crippen LogP) is 3.32. The van der Waals surface area contributed by atoms with Crippen LogP contribution in [0, 0.1) is 0 Å². The number of hydrogen-bond donors (Lipinski definition) is 0. The zero-order valence-electron chi connectivity index (χ0n) is 14.9. The molecule has 1 heterocycles. The molecule has 1 aliphatic rings. The zero-order chi connectivity index (χ0) is 19.1. The molecule has 5 nitrogen and oxygen atoms in total. The van der Waals surface area contributed by atoms with Crippen molar-refractivity contribution in [1.29, 1.82) is 0 Å². The molecular weight excluding hydrogens is 372 g/mol. The van der Waals surface area contributed by atoms with Gasteiger partial charge in [-0.05, 0) is 54.8 Å². The van der Waals surface area contributed by atoms with Crippen LogP contribution in [0.5, 0.6) is 0 Å². The average molecular weight is 393 g/mol. The highest BCUT2D eigenvalue weighted by atomic mass is 35.5. The number of halogens is 1. The summed E-state index contributed by atoms with van der Waals surface area (Å²) in [6, 6.07) is 12.5. The smallest absolute Gasteiger partial charge is 0.253 e. The maximum Gasteiger partial charge on any atom is 0.253 e. The van der Waals surface area contributed by atoms with Crippen molar-refractivity contribution in [3.63, 3.8) is 0 Å². The van der Waals surface area contributed by atoms with Gasteiger partial charge in [-0.1, -0.05) is 23.7 Å². The van der Waals surface area contributed by atoms with E-state index in [1.165, 1.54) is 10.6 Å². The van der Waals surface area contributed by atoms with Gasteiger partial charge in [-0.3, -0.25) is 9.10 Å². The van der Waals surface area contributed by atoms with Crippen LogP contribution in [0.4, 0.5) is 5.69 Å². The van der Waals surface area contributed by atoms with Crippen LogP contribution in [0.1, 0.15) is 28.4 Å². The van der Waals surface area contributed by atoms with E-state index in [0.29, 0.717) is 29.2 Å². The second-order valence-corrected chi connectivity index (χ2v) is 9.04. The molecule has 0 fully saturated rings. The first-order valence-corrected chi connectivity index (χ1v) is 10.5. The lowest BCUT2D eigenvalue weighted by Crippen LogP contribution is -2.34. The predicted molar refractivity (Wildman–Crippen MR) is 104 cm³/mol. The summed E-state index contributed by atoms with van der Waals surface area (Å²) in [5.41, 5.74) is 3.04. The lowest BCUT2D eigenvalue weighted by Gasteiger charge is -2.22. The van der Waals surface area contributed by atoms with Crippen molar-refractivity contribution in [1.82, 2.24) is 4.90 Å². The lowest BCUT2D eigenvalue weighted by molar-refractivity contribution is 0.0785. The largest absolute Gasteiger partial charge is 0.337 e. The van der Waals surface area contributed by atoms with Crippen molar-refractivity contribution in [3.05, 3.63) is 64.2 Å². The molecule has 0 aliphatic carbocycles. The summed E-state index contributed by atoms with van der Waals surface area (Å²) >= 11 is 6.00. The number of rotatable bonds is 4. The molecule has 0 aromatic heterocycles. The van der Waals surface area contributed by atoms with Crippen molar-refractivity contribution in [2.24, 2.45) is 0 Å². The summed E-state index contributed by atoms with van der Waals surface area (Å²) in [4.78, 5) is 14.4. The number of nitrogens with zero attached hydrogens (tertiary/aromatic N) is 2. The number of sulfonamides is 1. The molecule has 0 saturated heterocycles. The highest BCUT2D eigenvalue weighted by Gasteiger charge is 2.33. The summed E-state index contributed by atoms with van der Waals surface area (Å²) in [5, 5.41) is 0.635. The monoisotopic (exact) mass is 392 g/mol. The molecule has 0 bridgehead atoms. The Labute approximate surface area is 159 Å². The second-order valence-electron chi connectivity index (χ2n) is 6.75. The fraction of sp³-hybridized carbons (Fsp3) is 0.316. The molecule has 138 valence electrons. The van der Waals surface area contributed by atoms with E-state index < -0.39 is 10.0 Å². The van der Waals surface area contributed by atoms with Crippen molar-refractivity contribution in [3.8, 4) is 0 Å². The van der Waals surface area contributed by atoms with E-state index in [1.807, 2.05) is 25.1 Å². The Balaban J connectivity index is 1.83. The van der Waals surface area contributed by atoms with Crippen LogP contribution in [0.3, 0.4) is 0 Å². The Morgan fingerprint density at radius 2 is 2.00 bits per heavy atom. The van der Waals surface area contributed by atoms with Crippen molar-refractivity contribution < 1.29 is 13.2 Å². The van der Waals surface area contributed by atoms with Gasteiger partial charge in [0.05, 0.1) is 11.9 Å². The number of anilines is 1. The van der Waals surface area contributed by atoms with E-state index in [0.717, 1.165) is 11.1 Å². The third-order valence-corrected chi connectivity index (χ3v) is 6.00. The van der Waals surface area contributed by atoms with Crippen LogP contribution in [0.15, 0.2) is 42.5 Å². The lowest BCUT2D eigenvalue weighted by atomic mass is 10.1. The van der Waals surface area contributed by atoms with Gasteiger partial charge in [0, 0.05) is 30.2 Å². The number of carbonyl (C=O) groups excluding carboxylic acids is 1.